The lowest BCUT2D eigenvalue weighted by molar-refractivity contribution is 0.142. The number of benzene rings is 2. The van der Waals surface area contributed by atoms with Crippen LogP contribution >= 0.6 is 0 Å². The highest BCUT2D eigenvalue weighted by molar-refractivity contribution is 6.02. The SMILES string of the molecule is Cc1ccc(NC2=Nc3ccccc3OC2C(C)(C)C)cc1. The van der Waals surface area contributed by atoms with Crippen LogP contribution in [0.2, 0.25) is 0 Å². The Hall–Kier alpha value is -2.29. The van der Waals surface area contributed by atoms with Crippen LogP contribution in [-0.2, 0) is 0 Å². The van der Waals surface area contributed by atoms with Gasteiger partial charge in [0.05, 0.1) is 0 Å². The molecule has 1 atom stereocenters. The van der Waals surface area contributed by atoms with Gasteiger partial charge in [-0.15, -0.1) is 0 Å². The summed E-state index contributed by atoms with van der Waals surface area (Å²) in [5, 5.41) is 3.43. The van der Waals surface area contributed by atoms with Crippen LogP contribution < -0.4 is 10.1 Å². The summed E-state index contributed by atoms with van der Waals surface area (Å²) in [6.07, 6.45) is -0.108. The fourth-order valence-electron chi connectivity index (χ4n) is 2.49. The van der Waals surface area contributed by atoms with Crippen molar-refractivity contribution in [2.75, 3.05) is 5.32 Å². The summed E-state index contributed by atoms with van der Waals surface area (Å²) in [4.78, 5) is 4.79. The van der Waals surface area contributed by atoms with Crippen molar-refractivity contribution in [3.05, 3.63) is 54.1 Å². The summed E-state index contributed by atoms with van der Waals surface area (Å²) in [5.41, 5.74) is 3.09. The Kier molecular flexibility index (Phi) is 3.65. The standard InChI is InChI=1S/C19H22N2O/c1-13-9-11-14(12-10-13)20-18-17(19(2,3)4)22-16-8-6-5-7-15(16)21-18/h5-12,17H,1-4H3,(H,20,21). The van der Waals surface area contributed by atoms with Crippen LogP contribution in [0.25, 0.3) is 0 Å². The number of amidine groups is 1. The number of hydrogen-bond acceptors (Lipinski definition) is 3. The van der Waals surface area contributed by atoms with Gasteiger partial charge in [-0.2, -0.15) is 0 Å². The molecule has 0 aliphatic carbocycles. The molecule has 1 unspecified atom stereocenters. The molecule has 1 heterocycles. The number of aryl methyl sites for hydroxylation is 1. The maximum Gasteiger partial charge on any atom is 0.161 e. The molecule has 2 aromatic rings. The zero-order valence-corrected chi connectivity index (χ0v) is 13.6. The van der Waals surface area contributed by atoms with Crippen molar-refractivity contribution >= 4 is 17.2 Å². The second-order valence-corrected chi connectivity index (χ2v) is 6.82. The largest absolute Gasteiger partial charge is 0.480 e. The highest BCUT2D eigenvalue weighted by Crippen LogP contribution is 2.37. The van der Waals surface area contributed by atoms with Gasteiger partial charge in [-0.25, -0.2) is 4.99 Å². The van der Waals surface area contributed by atoms with Crippen molar-refractivity contribution in [1.82, 2.24) is 0 Å². The smallest absolute Gasteiger partial charge is 0.161 e. The minimum atomic E-state index is -0.108. The summed E-state index contributed by atoms with van der Waals surface area (Å²) in [6.45, 7) is 8.58. The molecule has 0 saturated carbocycles. The van der Waals surface area contributed by atoms with E-state index in [0.29, 0.717) is 0 Å². The first-order chi connectivity index (χ1) is 10.4. The van der Waals surface area contributed by atoms with Gasteiger partial charge in [0.1, 0.15) is 17.3 Å². The maximum absolute atomic E-state index is 6.21. The minimum Gasteiger partial charge on any atom is -0.480 e. The predicted octanol–water partition coefficient (Wildman–Crippen LogP) is 4.94. The number of aliphatic imine (C=N–C) groups is 1. The molecule has 3 heteroatoms. The number of nitrogens with zero attached hydrogens (tertiary/aromatic N) is 1. The summed E-state index contributed by atoms with van der Waals surface area (Å²) >= 11 is 0. The molecule has 0 amide bonds. The van der Waals surface area contributed by atoms with Crippen LogP contribution in [0.4, 0.5) is 11.4 Å². The van der Waals surface area contributed by atoms with E-state index in [1.807, 2.05) is 24.3 Å². The van der Waals surface area contributed by atoms with Gasteiger partial charge < -0.3 is 10.1 Å². The number of ether oxygens (including phenoxy) is 1. The molecule has 1 N–H and O–H groups in total. The monoisotopic (exact) mass is 294 g/mol. The van der Waals surface area contributed by atoms with Gasteiger partial charge >= 0.3 is 0 Å². The molecule has 1 aliphatic rings. The van der Waals surface area contributed by atoms with Gasteiger partial charge in [0.15, 0.2) is 6.10 Å². The van der Waals surface area contributed by atoms with Crippen molar-refractivity contribution in [1.29, 1.82) is 0 Å². The van der Waals surface area contributed by atoms with Crippen LogP contribution in [-0.4, -0.2) is 11.9 Å². The molecule has 0 radical (unpaired) electrons. The molecule has 0 fully saturated rings. The fraction of sp³-hybridized carbons (Fsp3) is 0.316. The van der Waals surface area contributed by atoms with Gasteiger partial charge in [-0.3, -0.25) is 0 Å². The lowest BCUT2D eigenvalue weighted by atomic mass is 9.87. The first kappa shape index (κ1) is 14.6. The summed E-state index contributed by atoms with van der Waals surface area (Å²) < 4.78 is 6.21. The van der Waals surface area contributed by atoms with Crippen molar-refractivity contribution < 1.29 is 4.74 Å². The average Bonchev–Trinajstić information content (AvgIpc) is 2.48. The first-order valence-electron chi connectivity index (χ1n) is 7.61. The number of nitrogens with one attached hydrogen (secondary N) is 1. The van der Waals surface area contributed by atoms with E-state index < -0.39 is 0 Å². The molecule has 2 aromatic carbocycles. The van der Waals surface area contributed by atoms with E-state index in [9.17, 15) is 0 Å². The van der Waals surface area contributed by atoms with E-state index in [1.54, 1.807) is 0 Å². The number of hydrogen-bond donors (Lipinski definition) is 1. The molecule has 0 spiro atoms. The Morgan fingerprint density at radius 3 is 2.36 bits per heavy atom. The van der Waals surface area contributed by atoms with E-state index in [2.05, 4.69) is 57.3 Å². The molecule has 114 valence electrons. The quantitative estimate of drug-likeness (QED) is 0.808. The van der Waals surface area contributed by atoms with Crippen molar-refractivity contribution in [2.24, 2.45) is 10.4 Å². The second-order valence-electron chi connectivity index (χ2n) is 6.82. The van der Waals surface area contributed by atoms with E-state index >= 15 is 0 Å². The van der Waals surface area contributed by atoms with Crippen LogP contribution in [0.1, 0.15) is 26.3 Å². The summed E-state index contributed by atoms with van der Waals surface area (Å²) in [6, 6.07) is 16.2. The molecule has 0 bridgehead atoms. The van der Waals surface area contributed by atoms with Gasteiger partial charge in [0.25, 0.3) is 0 Å². The Bertz CT molecular complexity index is 696. The number of rotatable bonds is 1. The van der Waals surface area contributed by atoms with E-state index in [-0.39, 0.29) is 11.5 Å². The van der Waals surface area contributed by atoms with Gasteiger partial charge in [0.2, 0.25) is 0 Å². The maximum atomic E-state index is 6.21. The van der Waals surface area contributed by atoms with Gasteiger partial charge in [-0.05, 0) is 31.2 Å². The van der Waals surface area contributed by atoms with E-state index in [0.717, 1.165) is 23.0 Å². The summed E-state index contributed by atoms with van der Waals surface area (Å²) in [7, 11) is 0. The molecular formula is C19H22N2O. The molecule has 22 heavy (non-hydrogen) atoms. The Morgan fingerprint density at radius 1 is 1.00 bits per heavy atom. The molecule has 3 rings (SSSR count). The Balaban J connectivity index is 1.97. The Labute approximate surface area is 132 Å². The highest BCUT2D eigenvalue weighted by atomic mass is 16.5. The lowest BCUT2D eigenvalue weighted by Crippen LogP contribution is -2.44. The number of fused-ring (bicyclic) bond motifs is 1. The minimum absolute atomic E-state index is 0.0515. The zero-order chi connectivity index (χ0) is 15.7. The summed E-state index contributed by atoms with van der Waals surface area (Å²) in [5.74, 6) is 1.70. The molecule has 0 aromatic heterocycles. The van der Waals surface area contributed by atoms with Crippen molar-refractivity contribution in [3.63, 3.8) is 0 Å². The third-order valence-corrected chi connectivity index (χ3v) is 3.71. The molecule has 0 saturated heterocycles. The highest BCUT2D eigenvalue weighted by Gasteiger charge is 2.35. The molecule has 1 aliphatic heterocycles. The Morgan fingerprint density at radius 2 is 1.68 bits per heavy atom. The molecular weight excluding hydrogens is 272 g/mol. The van der Waals surface area contributed by atoms with Gasteiger partial charge in [-0.1, -0.05) is 50.6 Å². The number of anilines is 1. The number of para-hydroxylation sites is 2. The second kappa shape index (κ2) is 5.48. The van der Waals surface area contributed by atoms with Crippen LogP contribution in [0, 0.1) is 12.3 Å². The topological polar surface area (TPSA) is 33.6 Å². The predicted molar refractivity (Wildman–Crippen MR) is 92.2 cm³/mol. The molecule has 3 nitrogen and oxygen atoms in total. The third kappa shape index (κ3) is 2.98. The van der Waals surface area contributed by atoms with E-state index in [1.165, 1.54) is 5.56 Å². The van der Waals surface area contributed by atoms with E-state index in [4.69, 9.17) is 9.73 Å². The first-order valence-corrected chi connectivity index (χ1v) is 7.61. The zero-order valence-electron chi connectivity index (χ0n) is 13.6. The fourth-order valence-corrected chi connectivity index (χ4v) is 2.49. The average molecular weight is 294 g/mol. The van der Waals surface area contributed by atoms with Crippen molar-refractivity contribution in [3.8, 4) is 5.75 Å². The van der Waals surface area contributed by atoms with Crippen molar-refractivity contribution in [2.45, 2.75) is 33.8 Å². The van der Waals surface area contributed by atoms with Crippen LogP contribution in [0.15, 0.2) is 53.5 Å². The van der Waals surface area contributed by atoms with Crippen LogP contribution in [0.3, 0.4) is 0 Å². The lowest BCUT2D eigenvalue weighted by Gasteiger charge is -2.35. The van der Waals surface area contributed by atoms with Crippen LogP contribution in [0.5, 0.6) is 5.75 Å². The van der Waals surface area contributed by atoms with Gasteiger partial charge in [0, 0.05) is 11.1 Å². The third-order valence-electron chi connectivity index (χ3n) is 3.71. The normalized spacial score (nSPS) is 17.3.